The van der Waals surface area contributed by atoms with Crippen LogP contribution in [0.2, 0.25) is 0 Å². The van der Waals surface area contributed by atoms with Crippen LogP contribution in [-0.4, -0.2) is 22.0 Å². The Bertz CT molecular complexity index is 757. The van der Waals surface area contributed by atoms with Gasteiger partial charge in [-0.25, -0.2) is 9.78 Å². The van der Waals surface area contributed by atoms with Crippen molar-refractivity contribution in [3.05, 3.63) is 50.0 Å². The van der Waals surface area contributed by atoms with Crippen molar-refractivity contribution in [3.8, 4) is 0 Å². The molecule has 1 heterocycles. The molecule has 0 fully saturated rings. The molecular weight excluding hydrogens is 312 g/mol. The van der Waals surface area contributed by atoms with E-state index in [2.05, 4.69) is 10.3 Å². The molecule has 1 aromatic heterocycles. The Hall–Kier alpha value is -2.21. The van der Waals surface area contributed by atoms with Gasteiger partial charge in [-0.05, 0) is 45.7 Å². The van der Waals surface area contributed by atoms with E-state index in [1.54, 1.807) is 13.8 Å². The number of benzene rings is 1. The molecule has 0 spiro atoms. The number of carboxylic acid groups (broad SMARTS) is 1. The van der Waals surface area contributed by atoms with Crippen LogP contribution in [0.25, 0.3) is 0 Å². The van der Waals surface area contributed by atoms with E-state index in [1.807, 2.05) is 32.9 Å². The summed E-state index contributed by atoms with van der Waals surface area (Å²) in [7, 11) is 0. The fourth-order valence-electron chi connectivity index (χ4n) is 2.67. The minimum Gasteiger partial charge on any atom is -0.477 e. The molecule has 2 rings (SSSR count). The van der Waals surface area contributed by atoms with Gasteiger partial charge in [0, 0.05) is 5.56 Å². The van der Waals surface area contributed by atoms with Gasteiger partial charge in [-0.15, -0.1) is 11.3 Å². The van der Waals surface area contributed by atoms with Crippen LogP contribution in [0.4, 0.5) is 0 Å². The zero-order valence-corrected chi connectivity index (χ0v) is 14.7. The SMILES string of the molecule is Cc1cc(C)c(C(=O)NC(C)c2nc(C)c(C(=O)O)s2)c(C)c1. The molecule has 0 aliphatic carbocycles. The maximum Gasteiger partial charge on any atom is 0.347 e. The second-order valence-corrected chi connectivity index (χ2v) is 6.77. The summed E-state index contributed by atoms with van der Waals surface area (Å²) in [6.45, 7) is 9.29. The standard InChI is InChI=1S/C17H20N2O3S/c1-8-6-9(2)13(10(3)7-8)15(20)18-12(5)16-19-11(4)14(23-16)17(21)22/h6-7,12H,1-5H3,(H,18,20)(H,21,22). The number of thiazole rings is 1. The number of carboxylic acids is 1. The molecule has 122 valence electrons. The monoisotopic (exact) mass is 332 g/mol. The number of nitrogens with zero attached hydrogens (tertiary/aromatic N) is 1. The van der Waals surface area contributed by atoms with Crippen LogP contribution < -0.4 is 5.32 Å². The molecule has 0 aliphatic rings. The number of aromatic carboxylic acids is 1. The Morgan fingerprint density at radius 2 is 1.74 bits per heavy atom. The van der Waals surface area contributed by atoms with Gasteiger partial charge < -0.3 is 10.4 Å². The molecule has 1 unspecified atom stereocenters. The third-order valence-corrected chi connectivity index (χ3v) is 4.96. The summed E-state index contributed by atoms with van der Waals surface area (Å²) in [5, 5.41) is 12.6. The van der Waals surface area contributed by atoms with Crippen LogP contribution in [0.15, 0.2) is 12.1 Å². The molecule has 0 aliphatic heterocycles. The Kier molecular flexibility index (Phi) is 4.85. The molecule has 1 aromatic carbocycles. The van der Waals surface area contributed by atoms with Gasteiger partial charge in [-0.1, -0.05) is 17.7 Å². The zero-order chi connectivity index (χ0) is 17.3. The smallest absolute Gasteiger partial charge is 0.347 e. The Morgan fingerprint density at radius 1 is 1.17 bits per heavy atom. The second-order valence-electron chi connectivity index (χ2n) is 5.74. The molecular formula is C17H20N2O3S. The lowest BCUT2D eigenvalue weighted by molar-refractivity contribution is 0.0701. The molecule has 0 bridgehead atoms. The van der Waals surface area contributed by atoms with Crippen LogP contribution in [0.5, 0.6) is 0 Å². The summed E-state index contributed by atoms with van der Waals surface area (Å²) in [5.74, 6) is -1.16. The number of hydrogen-bond acceptors (Lipinski definition) is 4. The van der Waals surface area contributed by atoms with Crippen LogP contribution in [-0.2, 0) is 0 Å². The van der Waals surface area contributed by atoms with Gasteiger partial charge >= 0.3 is 5.97 Å². The molecule has 0 saturated carbocycles. The molecule has 0 saturated heterocycles. The van der Waals surface area contributed by atoms with Crippen molar-refractivity contribution in [2.45, 2.75) is 40.7 Å². The third-order valence-electron chi connectivity index (χ3n) is 3.63. The molecule has 1 amide bonds. The Labute approximate surface area is 139 Å². The van der Waals surface area contributed by atoms with E-state index in [0.717, 1.165) is 28.0 Å². The van der Waals surface area contributed by atoms with Crippen molar-refractivity contribution < 1.29 is 14.7 Å². The summed E-state index contributed by atoms with van der Waals surface area (Å²) in [4.78, 5) is 28.1. The van der Waals surface area contributed by atoms with E-state index >= 15 is 0 Å². The minimum absolute atomic E-state index is 0.169. The fourth-order valence-corrected chi connectivity index (χ4v) is 3.58. The van der Waals surface area contributed by atoms with Crippen LogP contribution in [0, 0.1) is 27.7 Å². The van der Waals surface area contributed by atoms with Crippen molar-refractivity contribution in [1.29, 1.82) is 0 Å². The van der Waals surface area contributed by atoms with Crippen molar-refractivity contribution in [2.75, 3.05) is 0 Å². The number of carbonyl (C=O) groups is 2. The molecule has 2 aromatic rings. The molecule has 6 heteroatoms. The van der Waals surface area contributed by atoms with Gasteiger partial charge in [0.2, 0.25) is 0 Å². The molecule has 1 atom stereocenters. The van der Waals surface area contributed by atoms with Crippen LogP contribution in [0.3, 0.4) is 0 Å². The van der Waals surface area contributed by atoms with Gasteiger partial charge in [-0.3, -0.25) is 4.79 Å². The first-order valence-corrected chi connectivity index (χ1v) is 8.11. The predicted molar refractivity (Wildman–Crippen MR) is 90.3 cm³/mol. The first kappa shape index (κ1) is 17.1. The summed E-state index contributed by atoms with van der Waals surface area (Å²) < 4.78 is 0. The van der Waals surface area contributed by atoms with Gasteiger partial charge in [-0.2, -0.15) is 0 Å². The lowest BCUT2D eigenvalue weighted by Gasteiger charge is -2.15. The molecule has 2 N–H and O–H groups in total. The number of aryl methyl sites for hydroxylation is 4. The van der Waals surface area contributed by atoms with E-state index < -0.39 is 5.97 Å². The average molecular weight is 332 g/mol. The summed E-state index contributed by atoms with van der Waals surface area (Å²) in [6.07, 6.45) is 0. The van der Waals surface area contributed by atoms with Gasteiger partial charge in [0.05, 0.1) is 11.7 Å². The van der Waals surface area contributed by atoms with E-state index in [1.165, 1.54) is 0 Å². The van der Waals surface area contributed by atoms with Crippen LogP contribution in [0.1, 0.15) is 60.4 Å². The van der Waals surface area contributed by atoms with Crippen molar-refractivity contribution >= 4 is 23.2 Å². The largest absolute Gasteiger partial charge is 0.477 e. The van der Waals surface area contributed by atoms with Crippen molar-refractivity contribution in [3.63, 3.8) is 0 Å². The maximum absolute atomic E-state index is 12.6. The van der Waals surface area contributed by atoms with Gasteiger partial charge in [0.25, 0.3) is 5.91 Å². The number of hydrogen-bond donors (Lipinski definition) is 2. The third kappa shape index (κ3) is 3.59. The lowest BCUT2D eigenvalue weighted by atomic mass is 9.99. The minimum atomic E-state index is -0.991. The van der Waals surface area contributed by atoms with E-state index in [-0.39, 0.29) is 16.8 Å². The van der Waals surface area contributed by atoms with Gasteiger partial charge in [0.15, 0.2) is 0 Å². The van der Waals surface area contributed by atoms with E-state index in [4.69, 9.17) is 5.11 Å². The highest BCUT2D eigenvalue weighted by atomic mass is 32.1. The highest BCUT2D eigenvalue weighted by Gasteiger charge is 2.21. The quantitative estimate of drug-likeness (QED) is 0.897. The Morgan fingerprint density at radius 3 is 2.22 bits per heavy atom. The fraction of sp³-hybridized carbons (Fsp3) is 0.353. The van der Waals surface area contributed by atoms with E-state index in [9.17, 15) is 9.59 Å². The summed E-state index contributed by atoms with van der Waals surface area (Å²) in [6, 6.07) is 3.60. The lowest BCUT2D eigenvalue weighted by Crippen LogP contribution is -2.28. The molecule has 23 heavy (non-hydrogen) atoms. The summed E-state index contributed by atoms with van der Waals surface area (Å²) >= 11 is 1.10. The zero-order valence-electron chi connectivity index (χ0n) is 13.9. The number of amides is 1. The van der Waals surface area contributed by atoms with Crippen molar-refractivity contribution in [1.82, 2.24) is 10.3 Å². The summed E-state index contributed by atoms with van der Waals surface area (Å²) in [5.41, 5.74) is 4.10. The van der Waals surface area contributed by atoms with E-state index in [0.29, 0.717) is 16.3 Å². The maximum atomic E-state index is 12.6. The first-order valence-electron chi connectivity index (χ1n) is 7.30. The highest BCUT2D eigenvalue weighted by Crippen LogP contribution is 2.24. The number of rotatable bonds is 4. The van der Waals surface area contributed by atoms with Gasteiger partial charge in [0.1, 0.15) is 9.88 Å². The Balaban J connectivity index is 2.24. The predicted octanol–water partition coefficient (Wildman–Crippen LogP) is 3.57. The van der Waals surface area contributed by atoms with Crippen LogP contribution >= 0.6 is 11.3 Å². The number of carbonyl (C=O) groups excluding carboxylic acids is 1. The second kappa shape index (κ2) is 6.50. The molecule has 0 radical (unpaired) electrons. The topological polar surface area (TPSA) is 79.3 Å². The van der Waals surface area contributed by atoms with Crippen molar-refractivity contribution in [2.24, 2.45) is 0 Å². The normalized spacial score (nSPS) is 12.0. The number of nitrogens with one attached hydrogen (secondary N) is 1. The average Bonchev–Trinajstić information content (AvgIpc) is 2.79. The first-order chi connectivity index (χ1) is 10.7. The molecule has 5 nitrogen and oxygen atoms in total. The highest BCUT2D eigenvalue weighted by molar-refractivity contribution is 7.13. The number of aromatic nitrogens is 1.